The lowest BCUT2D eigenvalue weighted by molar-refractivity contribution is -0.140. The number of nitrogens with one attached hydrogen (secondary N) is 1. The van der Waals surface area contributed by atoms with Crippen LogP contribution in [-0.4, -0.2) is 11.9 Å². The summed E-state index contributed by atoms with van der Waals surface area (Å²) in [6.07, 6.45) is -3.98. The van der Waals surface area contributed by atoms with E-state index in [-0.39, 0.29) is 17.5 Å². The largest absolute Gasteiger partial charge is 0.419 e. The number of rotatable bonds is 4. The van der Waals surface area contributed by atoms with Gasteiger partial charge >= 0.3 is 6.18 Å². The molecule has 0 bridgehead atoms. The third-order valence-corrected chi connectivity index (χ3v) is 3.39. The number of carbonyl (C=O) groups is 1. The van der Waals surface area contributed by atoms with Crippen LogP contribution in [-0.2, 0) is 6.18 Å². The van der Waals surface area contributed by atoms with Crippen LogP contribution < -0.4 is 5.32 Å². The van der Waals surface area contributed by atoms with Crippen LogP contribution in [0.15, 0.2) is 18.2 Å². The molecule has 112 valence electrons. The van der Waals surface area contributed by atoms with Crippen molar-refractivity contribution in [3.8, 4) is 0 Å². The normalized spacial score (nSPS) is 14.8. The smallest absolute Gasteiger partial charge is 0.349 e. The second kappa shape index (κ2) is 6.24. The van der Waals surface area contributed by atoms with E-state index in [9.17, 15) is 22.4 Å². The van der Waals surface area contributed by atoms with Crippen molar-refractivity contribution in [3.63, 3.8) is 0 Å². The summed E-state index contributed by atoms with van der Waals surface area (Å²) in [4.78, 5) is 11.9. The minimum absolute atomic E-state index is 0.174. The van der Waals surface area contributed by atoms with Crippen LogP contribution in [0, 0.1) is 11.7 Å². The Balaban J connectivity index is 2.95. The van der Waals surface area contributed by atoms with Crippen molar-refractivity contribution in [1.82, 2.24) is 5.32 Å². The topological polar surface area (TPSA) is 29.1 Å². The molecule has 0 saturated heterocycles. The Morgan fingerprint density at radius 1 is 1.30 bits per heavy atom. The first-order valence-electron chi connectivity index (χ1n) is 6.34. The Labute approximate surface area is 115 Å². The first-order chi connectivity index (χ1) is 9.16. The van der Waals surface area contributed by atoms with Crippen LogP contribution in [0.5, 0.6) is 0 Å². The molecule has 6 heteroatoms. The lowest BCUT2D eigenvalue weighted by atomic mass is 10.0. The number of alkyl halides is 3. The van der Waals surface area contributed by atoms with Gasteiger partial charge in [0.05, 0.1) is 5.56 Å². The minimum atomic E-state index is -4.82. The molecule has 2 nitrogen and oxygen atoms in total. The summed E-state index contributed by atoms with van der Waals surface area (Å²) >= 11 is 0. The van der Waals surface area contributed by atoms with Gasteiger partial charge in [0.1, 0.15) is 5.82 Å². The average molecular weight is 291 g/mol. The van der Waals surface area contributed by atoms with E-state index >= 15 is 0 Å². The van der Waals surface area contributed by atoms with Crippen LogP contribution >= 0.6 is 0 Å². The predicted octanol–water partition coefficient (Wildman–Crippen LogP) is 4.01. The zero-order chi connectivity index (χ0) is 15.5. The molecular formula is C14H17F4NO. The van der Waals surface area contributed by atoms with Gasteiger partial charge in [0, 0.05) is 11.6 Å². The highest BCUT2D eigenvalue weighted by atomic mass is 19.4. The summed E-state index contributed by atoms with van der Waals surface area (Å²) in [6, 6.07) is 2.06. The van der Waals surface area contributed by atoms with Gasteiger partial charge in [0.25, 0.3) is 5.91 Å². The lowest BCUT2D eigenvalue weighted by Gasteiger charge is -2.20. The van der Waals surface area contributed by atoms with Crippen molar-refractivity contribution in [2.45, 2.75) is 39.4 Å². The molecule has 0 fully saturated rings. The lowest BCUT2D eigenvalue weighted by Crippen LogP contribution is -2.37. The molecule has 0 aromatic heterocycles. The van der Waals surface area contributed by atoms with Crippen molar-refractivity contribution in [3.05, 3.63) is 35.1 Å². The van der Waals surface area contributed by atoms with Crippen LogP contribution in [0.2, 0.25) is 0 Å². The van der Waals surface area contributed by atoms with E-state index in [1.165, 1.54) is 0 Å². The molecular weight excluding hydrogens is 274 g/mol. The van der Waals surface area contributed by atoms with Crippen LogP contribution in [0.25, 0.3) is 0 Å². The van der Waals surface area contributed by atoms with Crippen molar-refractivity contribution >= 4 is 5.91 Å². The number of hydrogen-bond acceptors (Lipinski definition) is 1. The summed E-state index contributed by atoms with van der Waals surface area (Å²) in [7, 11) is 0. The maximum absolute atomic E-state index is 13.1. The van der Waals surface area contributed by atoms with E-state index in [4.69, 9.17) is 0 Å². The van der Waals surface area contributed by atoms with Crippen LogP contribution in [0.3, 0.4) is 0 Å². The monoisotopic (exact) mass is 291 g/mol. The van der Waals surface area contributed by atoms with Gasteiger partial charge in [-0.15, -0.1) is 0 Å². The molecule has 0 aliphatic heterocycles. The Kier molecular flexibility index (Phi) is 5.14. The Hall–Kier alpha value is -1.59. The van der Waals surface area contributed by atoms with Gasteiger partial charge in [-0.25, -0.2) is 4.39 Å². The zero-order valence-corrected chi connectivity index (χ0v) is 11.5. The number of amides is 1. The van der Waals surface area contributed by atoms with Gasteiger partial charge in [0.2, 0.25) is 0 Å². The Morgan fingerprint density at radius 2 is 1.90 bits per heavy atom. The molecule has 0 saturated carbocycles. The highest BCUT2D eigenvalue weighted by Gasteiger charge is 2.34. The van der Waals surface area contributed by atoms with Gasteiger partial charge < -0.3 is 5.32 Å². The van der Waals surface area contributed by atoms with Gasteiger partial charge in [-0.2, -0.15) is 13.2 Å². The van der Waals surface area contributed by atoms with E-state index in [1.807, 2.05) is 13.8 Å². The molecule has 0 aliphatic carbocycles. The van der Waals surface area contributed by atoms with Gasteiger partial charge in [-0.3, -0.25) is 4.79 Å². The zero-order valence-electron chi connectivity index (χ0n) is 11.5. The molecule has 0 spiro atoms. The maximum Gasteiger partial charge on any atom is 0.419 e. The quantitative estimate of drug-likeness (QED) is 0.834. The van der Waals surface area contributed by atoms with Crippen LogP contribution in [0.1, 0.15) is 43.1 Å². The molecule has 2 atom stereocenters. The standard InChI is InChI=1S/C14H17F4NO/c1-4-8(2)9(3)19-13(20)10-5-6-12(15)11(7-10)14(16,17)18/h5-9H,4H2,1-3H3,(H,19,20). The van der Waals surface area contributed by atoms with Crippen LogP contribution in [0.4, 0.5) is 17.6 Å². The second-order valence-corrected chi connectivity index (χ2v) is 4.84. The van der Waals surface area contributed by atoms with Crippen molar-refractivity contribution in [1.29, 1.82) is 0 Å². The van der Waals surface area contributed by atoms with Gasteiger partial charge in [-0.1, -0.05) is 20.3 Å². The molecule has 1 aromatic carbocycles. The first kappa shape index (κ1) is 16.5. The highest BCUT2D eigenvalue weighted by molar-refractivity contribution is 5.94. The van der Waals surface area contributed by atoms with E-state index in [0.29, 0.717) is 12.1 Å². The molecule has 1 amide bonds. The first-order valence-corrected chi connectivity index (χ1v) is 6.34. The van der Waals surface area contributed by atoms with Gasteiger partial charge in [-0.05, 0) is 31.0 Å². The fourth-order valence-electron chi connectivity index (χ4n) is 1.67. The summed E-state index contributed by atoms with van der Waals surface area (Å²) in [6.45, 7) is 5.66. The number of hydrogen-bond donors (Lipinski definition) is 1. The van der Waals surface area contributed by atoms with E-state index in [2.05, 4.69) is 5.32 Å². The van der Waals surface area contributed by atoms with E-state index in [1.54, 1.807) is 6.92 Å². The average Bonchev–Trinajstić information content (AvgIpc) is 2.36. The van der Waals surface area contributed by atoms with Crippen molar-refractivity contribution in [2.24, 2.45) is 5.92 Å². The van der Waals surface area contributed by atoms with E-state index < -0.39 is 23.5 Å². The fraction of sp³-hybridized carbons (Fsp3) is 0.500. The molecule has 0 radical (unpaired) electrons. The number of carbonyl (C=O) groups excluding carboxylic acids is 1. The minimum Gasteiger partial charge on any atom is -0.349 e. The SMILES string of the molecule is CCC(C)C(C)NC(=O)c1ccc(F)c(C(F)(F)F)c1. The Bertz CT molecular complexity index is 485. The number of benzene rings is 1. The number of halogens is 4. The molecule has 20 heavy (non-hydrogen) atoms. The molecule has 2 unspecified atom stereocenters. The second-order valence-electron chi connectivity index (χ2n) is 4.84. The van der Waals surface area contributed by atoms with E-state index in [0.717, 1.165) is 12.5 Å². The summed E-state index contributed by atoms with van der Waals surface area (Å²) in [5, 5.41) is 2.62. The maximum atomic E-state index is 13.1. The summed E-state index contributed by atoms with van der Waals surface area (Å²) in [5.41, 5.74) is -1.63. The predicted molar refractivity (Wildman–Crippen MR) is 67.8 cm³/mol. The van der Waals surface area contributed by atoms with Gasteiger partial charge in [0.15, 0.2) is 0 Å². The Morgan fingerprint density at radius 3 is 2.40 bits per heavy atom. The third-order valence-electron chi connectivity index (χ3n) is 3.39. The highest BCUT2D eigenvalue weighted by Crippen LogP contribution is 2.31. The molecule has 0 heterocycles. The third kappa shape index (κ3) is 3.95. The van der Waals surface area contributed by atoms with Crippen molar-refractivity contribution in [2.75, 3.05) is 0 Å². The molecule has 1 N–H and O–H groups in total. The summed E-state index contributed by atoms with van der Waals surface area (Å²) in [5.74, 6) is -1.83. The summed E-state index contributed by atoms with van der Waals surface area (Å²) < 4.78 is 50.8. The van der Waals surface area contributed by atoms with Crippen molar-refractivity contribution < 1.29 is 22.4 Å². The molecule has 1 aromatic rings. The molecule has 1 rings (SSSR count). The molecule has 0 aliphatic rings. The fourth-order valence-corrected chi connectivity index (χ4v) is 1.67.